The Morgan fingerprint density at radius 2 is 2.16 bits per heavy atom. The molecule has 3 nitrogen and oxygen atoms in total. The van der Waals surface area contributed by atoms with Crippen molar-refractivity contribution in [2.45, 2.75) is 19.3 Å². The molecule has 0 amide bonds. The van der Waals surface area contributed by atoms with Gasteiger partial charge in [0.05, 0.1) is 6.54 Å². The Balaban J connectivity index is 2.79. The Kier molecular flexibility index (Phi) is 5.67. The molecule has 0 saturated heterocycles. The van der Waals surface area contributed by atoms with Crippen molar-refractivity contribution in [3.63, 3.8) is 0 Å². The number of hydrogen-bond donors (Lipinski definition) is 2. The summed E-state index contributed by atoms with van der Waals surface area (Å²) in [7, 11) is 0. The lowest BCUT2D eigenvalue weighted by atomic mass is 10.1. The molecule has 0 saturated carbocycles. The minimum Gasteiger partial charge on any atom is -0.406 e. The summed E-state index contributed by atoms with van der Waals surface area (Å²) in [4.78, 5) is 0. The average Bonchev–Trinajstić information content (AvgIpc) is 2.33. The fraction of sp³-hybridized carbons (Fsp3) is 0.385. The fourth-order valence-electron chi connectivity index (χ4n) is 1.53. The molecule has 6 heteroatoms. The summed E-state index contributed by atoms with van der Waals surface area (Å²) in [6.45, 7) is 2.38. The number of benzene rings is 1. The summed E-state index contributed by atoms with van der Waals surface area (Å²) in [5.74, 6) is 5.26. The summed E-state index contributed by atoms with van der Waals surface area (Å²) in [5.41, 5.74) is 6.22. The van der Waals surface area contributed by atoms with Crippen molar-refractivity contribution in [3.05, 3.63) is 29.8 Å². The van der Waals surface area contributed by atoms with E-state index in [0.717, 1.165) is 0 Å². The van der Waals surface area contributed by atoms with E-state index in [9.17, 15) is 13.2 Å². The first kappa shape index (κ1) is 15.3. The number of ether oxygens (including phenoxy) is 1. The molecule has 0 aliphatic carbocycles. The molecule has 19 heavy (non-hydrogen) atoms. The second-order valence-electron chi connectivity index (χ2n) is 3.72. The molecule has 0 spiro atoms. The van der Waals surface area contributed by atoms with Crippen LogP contribution >= 0.6 is 0 Å². The van der Waals surface area contributed by atoms with Crippen LogP contribution in [0.25, 0.3) is 0 Å². The highest BCUT2D eigenvalue weighted by Gasteiger charge is 2.31. The van der Waals surface area contributed by atoms with Crippen LogP contribution in [0.1, 0.15) is 18.5 Å². The molecule has 0 fully saturated rings. The highest BCUT2D eigenvalue weighted by atomic mass is 19.4. The van der Waals surface area contributed by atoms with Gasteiger partial charge in [-0.1, -0.05) is 18.1 Å². The third-order valence-corrected chi connectivity index (χ3v) is 2.34. The Hall–Kier alpha value is -1.71. The summed E-state index contributed by atoms with van der Waals surface area (Å²) >= 11 is 0. The standard InChI is InChI=1S/C13H15F3N2O/c1-2-3-7-18-12(9-17)10-5-4-6-11(8-10)19-13(14,15)16/h4-6,8,12,18H,7,9,17H2,1H3. The highest BCUT2D eigenvalue weighted by molar-refractivity contribution is 5.31. The van der Waals surface area contributed by atoms with Gasteiger partial charge in [-0.05, 0) is 24.6 Å². The van der Waals surface area contributed by atoms with E-state index in [2.05, 4.69) is 21.9 Å². The van der Waals surface area contributed by atoms with Gasteiger partial charge in [-0.15, -0.1) is 19.1 Å². The van der Waals surface area contributed by atoms with E-state index in [4.69, 9.17) is 5.73 Å². The van der Waals surface area contributed by atoms with Crippen LogP contribution in [0.5, 0.6) is 5.75 Å². The fourth-order valence-corrected chi connectivity index (χ4v) is 1.53. The molecule has 0 bridgehead atoms. The predicted octanol–water partition coefficient (Wildman–Crippen LogP) is 2.20. The second-order valence-corrected chi connectivity index (χ2v) is 3.72. The first-order valence-electron chi connectivity index (χ1n) is 5.65. The molecule has 1 rings (SSSR count). The molecule has 104 valence electrons. The Morgan fingerprint density at radius 3 is 2.74 bits per heavy atom. The van der Waals surface area contributed by atoms with E-state index < -0.39 is 6.36 Å². The summed E-state index contributed by atoms with van der Waals surface area (Å²) in [5, 5.41) is 3.04. The van der Waals surface area contributed by atoms with Gasteiger partial charge in [-0.2, -0.15) is 0 Å². The minimum absolute atomic E-state index is 0.251. The van der Waals surface area contributed by atoms with Gasteiger partial charge in [0.1, 0.15) is 5.75 Å². The first-order valence-corrected chi connectivity index (χ1v) is 5.65. The van der Waals surface area contributed by atoms with Crippen LogP contribution in [0.2, 0.25) is 0 Å². The normalized spacial score (nSPS) is 12.5. The number of nitrogens with one attached hydrogen (secondary N) is 1. The third kappa shape index (κ3) is 5.64. The topological polar surface area (TPSA) is 47.3 Å². The SMILES string of the molecule is CC#CCNC(CN)c1cccc(OC(F)(F)F)c1. The zero-order valence-corrected chi connectivity index (χ0v) is 10.4. The molecule has 1 atom stereocenters. The van der Waals surface area contributed by atoms with Gasteiger partial charge >= 0.3 is 6.36 Å². The van der Waals surface area contributed by atoms with Gasteiger partial charge in [-0.3, -0.25) is 5.32 Å². The van der Waals surface area contributed by atoms with E-state index in [0.29, 0.717) is 12.1 Å². The van der Waals surface area contributed by atoms with Crippen molar-refractivity contribution in [2.24, 2.45) is 5.73 Å². The summed E-state index contributed by atoms with van der Waals surface area (Å²) in [6.07, 6.45) is -4.70. The predicted molar refractivity (Wildman–Crippen MR) is 66.4 cm³/mol. The quantitative estimate of drug-likeness (QED) is 0.808. The first-order chi connectivity index (χ1) is 8.96. The summed E-state index contributed by atoms with van der Waals surface area (Å²) in [6, 6.07) is 5.48. The van der Waals surface area contributed by atoms with Crippen LogP contribution in [-0.4, -0.2) is 19.5 Å². The maximum Gasteiger partial charge on any atom is 0.573 e. The number of rotatable bonds is 5. The van der Waals surface area contributed by atoms with Crippen molar-refractivity contribution in [1.82, 2.24) is 5.32 Å². The average molecular weight is 272 g/mol. The van der Waals surface area contributed by atoms with Crippen molar-refractivity contribution < 1.29 is 17.9 Å². The molecule has 1 unspecified atom stereocenters. The highest BCUT2D eigenvalue weighted by Crippen LogP contribution is 2.25. The number of nitrogens with two attached hydrogens (primary N) is 1. The molecule has 0 radical (unpaired) electrons. The Bertz CT molecular complexity index is 463. The molecule has 1 aromatic carbocycles. The monoisotopic (exact) mass is 272 g/mol. The number of halogens is 3. The minimum atomic E-state index is -4.70. The maximum atomic E-state index is 12.1. The van der Waals surface area contributed by atoms with Crippen LogP contribution < -0.4 is 15.8 Å². The zero-order chi connectivity index (χ0) is 14.3. The zero-order valence-electron chi connectivity index (χ0n) is 10.4. The largest absolute Gasteiger partial charge is 0.573 e. The van der Waals surface area contributed by atoms with Gasteiger partial charge in [-0.25, -0.2) is 0 Å². The van der Waals surface area contributed by atoms with E-state index >= 15 is 0 Å². The van der Waals surface area contributed by atoms with Crippen LogP contribution in [0.15, 0.2) is 24.3 Å². The van der Waals surface area contributed by atoms with E-state index in [-0.39, 0.29) is 18.3 Å². The smallest absolute Gasteiger partial charge is 0.406 e. The molecule has 3 N–H and O–H groups in total. The maximum absolute atomic E-state index is 12.1. The van der Waals surface area contributed by atoms with Gasteiger partial charge in [0.2, 0.25) is 0 Å². The van der Waals surface area contributed by atoms with Gasteiger partial charge in [0.25, 0.3) is 0 Å². The molecular formula is C13H15F3N2O. The van der Waals surface area contributed by atoms with Gasteiger partial charge < -0.3 is 10.5 Å². The van der Waals surface area contributed by atoms with Crippen molar-refractivity contribution >= 4 is 0 Å². The molecular weight excluding hydrogens is 257 g/mol. The van der Waals surface area contributed by atoms with Crippen LogP contribution in [0.3, 0.4) is 0 Å². The van der Waals surface area contributed by atoms with Gasteiger partial charge in [0, 0.05) is 12.6 Å². The lowest BCUT2D eigenvalue weighted by Gasteiger charge is -2.17. The molecule has 0 aliphatic rings. The second kappa shape index (κ2) is 7.02. The molecule has 1 aromatic rings. The molecule has 0 heterocycles. The molecule has 0 aromatic heterocycles. The van der Waals surface area contributed by atoms with Crippen LogP contribution in [0.4, 0.5) is 13.2 Å². The van der Waals surface area contributed by atoms with Gasteiger partial charge in [0.15, 0.2) is 0 Å². The lowest BCUT2D eigenvalue weighted by Crippen LogP contribution is -2.28. The number of alkyl halides is 3. The summed E-state index contributed by atoms with van der Waals surface area (Å²) < 4.78 is 40.2. The van der Waals surface area contributed by atoms with Crippen molar-refractivity contribution in [1.29, 1.82) is 0 Å². The lowest BCUT2D eigenvalue weighted by molar-refractivity contribution is -0.274. The van der Waals surface area contributed by atoms with E-state index in [1.165, 1.54) is 18.2 Å². The van der Waals surface area contributed by atoms with E-state index in [1.807, 2.05) is 0 Å². The van der Waals surface area contributed by atoms with E-state index in [1.54, 1.807) is 13.0 Å². The van der Waals surface area contributed by atoms with Crippen molar-refractivity contribution in [2.75, 3.05) is 13.1 Å². The van der Waals surface area contributed by atoms with Crippen LogP contribution in [0, 0.1) is 11.8 Å². The van der Waals surface area contributed by atoms with Crippen LogP contribution in [-0.2, 0) is 0 Å². The Morgan fingerprint density at radius 1 is 1.42 bits per heavy atom. The third-order valence-electron chi connectivity index (χ3n) is 2.34. The molecule has 0 aliphatic heterocycles. The van der Waals surface area contributed by atoms with Crippen molar-refractivity contribution in [3.8, 4) is 17.6 Å². The number of hydrogen-bond acceptors (Lipinski definition) is 3. The Labute approximate surface area is 109 Å².